The molecule has 126 valence electrons. The highest BCUT2D eigenvalue weighted by molar-refractivity contribution is 9.10. The second-order valence-electron chi connectivity index (χ2n) is 5.04. The summed E-state index contributed by atoms with van der Waals surface area (Å²) < 4.78 is 5.99. The van der Waals surface area contributed by atoms with Crippen LogP contribution in [0.1, 0.15) is 12.5 Å². The zero-order valence-corrected chi connectivity index (χ0v) is 14.9. The molecule has 0 aliphatic rings. The molecule has 0 aromatic heterocycles. The number of nitrogens with one attached hydrogen (secondary N) is 2. The Kier molecular flexibility index (Phi) is 6.20. The first-order valence-corrected chi connectivity index (χ1v) is 8.01. The molecule has 6 nitrogen and oxygen atoms in total. The number of hydrogen-bond acceptors (Lipinski definition) is 5. The van der Waals surface area contributed by atoms with Crippen LogP contribution in [0.4, 0.5) is 5.69 Å². The molecule has 1 amide bonds. The zero-order chi connectivity index (χ0) is 17.5. The Morgan fingerprint density at radius 2 is 2.00 bits per heavy atom. The lowest BCUT2D eigenvalue weighted by Crippen LogP contribution is -2.34. The van der Waals surface area contributed by atoms with Gasteiger partial charge in [-0.3, -0.25) is 4.79 Å². The molecule has 0 heterocycles. The predicted octanol–water partition coefficient (Wildman–Crippen LogP) is 3.11. The van der Waals surface area contributed by atoms with E-state index in [2.05, 4.69) is 31.8 Å². The molecular weight excluding hydrogens is 374 g/mol. The van der Waals surface area contributed by atoms with E-state index in [4.69, 9.17) is 4.74 Å². The number of carbonyl (C=O) groups excluding carboxylic acids is 1. The fourth-order valence-electron chi connectivity index (χ4n) is 1.90. The van der Waals surface area contributed by atoms with Crippen LogP contribution in [-0.2, 0) is 4.79 Å². The van der Waals surface area contributed by atoms with E-state index in [0.717, 1.165) is 10.2 Å². The molecule has 0 bridgehead atoms. The maximum atomic E-state index is 12.0. The molecule has 0 aliphatic heterocycles. The van der Waals surface area contributed by atoms with Crippen molar-refractivity contribution in [3.63, 3.8) is 0 Å². The minimum Gasteiger partial charge on any atom is -0.504 e. The van der Waals surface area contributed by atoms with Crippen LogP contribution < -0.4 is 15.5 Å². The Hall–Kier alpha value is -2.54. The van der Waals surface area contributed by atoms with Crippen molar-refractivity contribution in [1.82, 2.24) is 5.43 Å². The fraction of sp³-hybridized carbons (Fsp3) is 0.176. The van der Waals surface area contributed by atoms with Crippen molar-refractivity contribution in [2.45, 2.75) is 13.0 Å². The highest BCUT2D eigenvalue weighted by Crippen LogP contribution is 2.25. The van der Waals surface area contributed by atoms with E-state index in [1.54, 1.807) is 19.1 Å². The largest absolute Gasteiger partial charge is 0.504 e. The number of halogens is 1. The van der Waals surface area contributed by atoms with Crippen LogP contribution >= 0.6 is 15.9 Å². The van der Waals surface area contributed by atoms with Crippen LogP contribution in [0.15, 0.2) is 52.0 Å². The van der Waals surface area contributed by atoms with Crippen LogP contribution in [0.25, 0.3) is 0 Å². The Bertz CT molecular complexity index is 732. The molecule has 7 heteroatoms. The number of benzene rings is 2. The Labute approximate surface area is 148 Å². The van der Waals surface area contributed by atoms with Gasteiger partial charge in [0.1, 0.15) is 6.04 Å². The summed E-state index contributed by atoms with van der Waals surface area (Å²) in [7, 11) is 1.47. The molecule has 0 spiro atoms. The standard InChI is InChI=1S/C17H18BrN3O3/c1-11(20-14-6-4-13(18)5-7-14)17(23)21-19-10-12-3-8-15(22)16(9-12)24-2/h3-11,20,22H,1-2H3,(H,21,23)/b19-10+. The fourth-order valence-corrected chi connectivity index (χ4v) is 2.17. The van der Waals surface area contributed by atoms with Crippen molar-refractivity contribution in [2.75, 3.05) is 12.4 Å². The number of rotatable bonds is 6. The number of anilines is 1. The molecule has 2 rings (SSSR count). The average molecular weight is 392 g/mol. The number of ether oxygens (including phenoxy) is 1. The summed E-state index contributed by atoms with van der Waals surface area (Å²) in [6.45, 7) is 1.75. The first-order valence-electron chi connectivity index (χ1n) is 7.21. The molecule has 2 aromatic carbocycles. The van der Waals surface area contributed by atoms with Crippen LogP contribution in [0, 0.1) is 0 Å². The number of phenols is 1. The number of hydrogen-bond donors (Lipinski definition) is 3. The maximum Gasteiger partial charge on any atom is 0.262 e. The molecule has 24 heavy (non-hydrogen) atoms. The molecule has 0 saturated carbocycles. The van der Waals surface area contributed by atoms with E-state index in [1.807, 2.05) is 24.3 Å². The minimum absolute atomic E-state index is 0.0472. The van der Waals surface area contributed by atoms with Crippen molar-refractivity contribution in [3.8, 4) is 11.5 Å². The molecule has 0 fully saturated rings. The van der Waals surface area contributed by atoms with Gasteiger partial charge in [0.05, 0.1) is 13.3 Å². The summed E-state index contributed by atoms with van der Waals surface area (Å²) in [5, 5.41) is 16.5. The number of methoxy groups -OCH3 is 1. The van der Waals surface area contributed by atoms with Crippen molar-refractivity contribution >= 4 is 33.7 Å². The number of nitrogens with zero attached hydrogens (tertiary/aromatic N) is 1. The molecule has 0 saturated heterocycles. The molecule has 2 aromatic rings. The van der Waals surface area contributed by atoms with E-state index in [0.29, 0.717) is 11.3 Å². The Morgan fingerprint density at radius 3 is 2.67 bits per heavy atom. The second-order valence-corrected chi connectivity index (χ2v) is 5.95. The molecule has 0 aliphatic carbocycles. The van der Waals surface area contributed by atoms with Gasteiger partial charge in [0.15, 0.2) is 11.5 Å². The summed E-state index contributed by atoms with van der Waals surface area (Å²) in [5.74, 6) is 0.126. The number of amides is 1. The summed E-state index contributed by atoms with van der Waals surface area (Å²) in [5.41, 5.74) is 4.00. The van der Waals surface area contributed by atoms with E-state index >= 15 is 0 Å². The Morgan fingerprint density at radius 1 is 1.29 bits per heavy atom. The summed E-state index contributed by atoms with van der Waals surface area (Å²) in [6.07, 6.45) is 1.48. The van der Waals surface area contributed by atoms with Gasteiger partial charge in [0, 0.05) is 10.2 Å². The van der Waals surface area contributed by atoms with Crippen LogP contribution in [0.3, 0.4) is 0 Å². The molecular formula is C17H18BrN3O3. The normalized spacial score (nSPS) is 12.0. The SMILES string of the molecule is COc1cc(/C=N/NC(=O)C(C)Nc2ccc(Br)cc2)ccc1O. The zero-order valence-electron chi connectivity index (χ0n) is 13.3. The van der Waals surface area contributed by atoms with Gasteiger partial charge in [-0.1, -0.05) is 15.9 Å². The summed E-state index contributed by atoms with van der Waals surface area (Å²) in [6, 6.07) is 11.9. The first-order chi connectivity index (χ1) is 11.5. The smallest absolute Gasteiger partial charge is 0.262 e. The van der Waals surface area contributed by atoms with Gasteiger partial charge in [-0.15, -0.1) is 0 Å². The van der Waals surface area contributed by atoms with Gasteiger partial charge in [-0.2, -0.15) is 5.10 Å². The van der Waals surface area contributed by atoms with E-state index in [-0.39, 0.29) is 11.7 Å². The van der Waals surface area contributed by atoms with Crippen molar-refractivity contribution in [1.29, 1.82) is 0 Å². The van der Waals surface area contributed by atoms with Crippen molar-refractivity contribution < 1.29 is 14.6 Å². The van der Waals surface area contributed by atoms with Gasteiger partial charge in [-0.25, -0.2) is 5.43 Å². The molecule has 1 unspecified atom stereocenters. The predicted molar refractivity (Wildman–Crippen MR) is 97.6 cm³/mol. The van der Waals surface area contributed by atoms with E-state index in [1.165, 1.54) is 19.4 Å². The number of carbonyl (C=O) groups is 1. The van der Waals surface area contributed by atoms with Gasteiger partial charge >= 0.3 is 0 Å². The third kappa shape index (κ3) is 4.99. The molecule has 0 radical (unpaired) electrons. The van der Waals surface area contributed by atoms with Crippen molar-refractivity contribution in [2.24, 2.45) is 5.10 Å². The van der Waals surface area contributed by atoms with E-state index < -0.39 is 6.04 Å². The van der Waals surface area contributed by atoms with E-state index in [9.17, 15) is 9.90 Å². The number of phenolic OH excluding ortho intramolecular Hbond substituents is 1. The van der Waals surface area contributed by atoms with Gasteiger partial charge in [0.25, 0.3) is 5.91 Å². The quantitative estimate of drug-likeness (QED) is 0.521. The van der Waals surface area contributed by atoms with Gasteiger partial charge in [0.2, 0.25) is 0 Å². The summed E-state index contributed by atoms with van der Waals surface area (Å²) in [4.78, 5) is 12.0. The third-order valence-corrected chi connectivity index (χ3v) is 3.74. The van der Waals surface area contributed by atoms with Crippen LogP contribution in [0.2, 0.25) is 0 Å². The molecule has 1 atom stereocenters. The maximum absolute atomic E-state index is 12.0. The summed E-state index contributed by atoms with van der Waals surface area (Å²) >= 11 is 3.36. The highest BCUT2D eigenvalue weighted by Gasteiger charge is 2.11. The lowest BCUT2D eigenvalue weighted by Gasteiger charge is -2.13. The highest BCUT2D eigenvalue weighted by atomic mass is 79.9. The number of hydrazone groups is 1. The number of aromatic hydroxyl groups is 1. The average Bonchev–Trinajstić information content (AvgIpc) is 2.58. The van der Waals surface area contributed by atoms with Gasteiger partial charge in [-0.05, 0) is 55.0 Å². The van der Waals surface area contributed by atoms with Gasteiger partial charge < -0.3 is 15.2 Å². The monoisotopic (exact) mass is 391 g/mol. The lowest BCUT2D eigenvalue weighted by atomic mass is 10.2. The minimum atomic E-state index is -0.447. The first kappa shape index (κ1) is 17.8. The third-order valence-electron chi connectivity index (χ3n) is 3.21. The molecule has 3 N–H and O–H groups in total. The topological polar surface area (TPSA) is 83.0 Å². The van der Waals surface area contributed by atoms with Crippen molar-refractivity contribution in [3.05, 3.63) is 52.5 Å². The lowest BCUT2D eigenvalue weighted by molar-refractivity contribution is -0.121. The second kappa shape index (κ2) is 8.35. The Balaban J connectivity index is 1.90. The van der Waals surface area contributed by atoms with Crippen LogP contribution in [0.5, 0.6) is 11.5 Å². The van der Waals surface area contributed by atoms with Crippen LogP contribution in [-0.4, -0.2) is 30.4 Å².